The van der Waals surface area contributed by atoms with Crippen LogP contribution in [0.4, 0.5) is 0 Å². The third kappa shape index (κ3) is 13.0. The van der Waals surface area contributed by atoms with E-state index in [1.165, 1.54) is 26.9 Å². The summed E-state index contributed by atoms with van der Waals surface area (Å²) in [6, 6.07) is 166. The maximum atomic E-state index is 5.56. The van der Waals surface area contributed by atoms with E-state index in [0.29, 0.717) is 34.9 Å². The third-order valence-corrected chi connectivity index (χ3v) is 25.6. The summed E-state index contributed by atoms with van der Waals surface area (Å²) in [6.07, 6.45) is 0. The van der Waals surface area contributed by atoms with Gasteiger partial charge < -0.3 is 18.3 Å². The van der Waals surface area contributed by atoms with E-state index in [1.807, 2.05) is 78.9 Å². The number of hydrogen-bond donors (Lipinski definition) is 0. The van der Waals surface area contributed by atoms with Crippen LogP contribution in [0.5, 0.6) is 0 Å². The topological polar surface area (TPSA) is 97.1 Å². The molecule has 25 aromatic rings. The van der Waals surface area contributed by atoms with Crippen molar-refractivity contribution < 1.29 is 0 Å². The van der Waals surface area contributed by atoms with E-state index < -0.39 is 0 Å². The molecule has 0 saturated carbocycles. The van der Waals surface area contributed by atoms with Gasteiger partial charge in [-0.3, -0.25) is 0 Å². The second-order valence-electron chi connectivity index (χ2n) is 33.3. The predicted molar refractivity (Wildman–Crippen MR) is 536 cm³/mol. The molecule has 10 nitrogen and oxygen atoms in total. The highest BCUT2D eigenvalue weighted by molar-refractivity contribution is 6.22. The van der Waals surface area contributed by atoms with Gasteiger partial charge in [0.05, 0.1) is 44.1 Å². The van der Waals surface area contributed by atoms with E-state index in [9.17, 15) is 0 Å². The standard InChI is InChI=1S/C120H76N10/c1-8-33-77(34-9-1)115-121-116(78-35-10-2-11-36-78)123-118(122-115)87-44-29-40-81(68-87)80-39-28-41-82(67-80)90-73-101(114-99-57-24-27-61-106(99)129(110(114)75-90)94-51-18-6-19-52-94)86-64-66-108-103(72-86)112-96(58-32-62-109(112)128(108)93-49-16-5-17-50-93)84-43-31-46-89(70-84)120-125-117(79-37-12-3-13-38-79)124-119(126-120)88-45-30-42-83(69-88)91-74-100(113-98-56-23-26-60-105(98)130(111(113)76-91)95-53-20-7-21-54-95)85-63-65-107-102(71-85)97-55-22-25-59-104(97)127(107)92-47-14-4-15-48-92/h1-76H. The molecule has 130 heavy (non-hydrogen) atoms. The van der Waals surface area contributed by atoms with Crippen molar-refractivity contribution in [3.63, 3.8) is 0 Å². The van der Waals surface area contributed by atoms with Crippen molar-refractivity contribution in [2.45, 2.75) is 0 Å². The molecule has 0 spiro atoms. The van der Waals surface area contributed by atoms with Crippen LogP contribution in [-0.4, -0.2) is 48.2 Å². The van der Waals surface area contributed by atoms with Crippen LogP contribution in [0.2, 0.25) is 0 Å². The Morgan fingerprint density at radius 1 is 0.123 bits per heavy atom. The Morgan fingerprint density at radius 2 is 0.377 bits per heavy atom. The van der Waals surface area contributed by atoms with E-state index in [2.05, 4.69) is 400 Å². The fraction of sp³-hybridized carbons (Fsp3) is 0. The smallest absolute Gasteiger partial charge is 0.164 e. The van der Waals surface area contributed by atoms with Gasteiger partial charge in [-0.25, -0.2) is 29.9 Å². The van der Waals surface area contributed by atoms with E-state index in [4.69, 9.17) is 29.9 Å². The fourth-order valence-electron chi connectivity index (χ4n) is 19.7. The van der Waals surface area contributed by atoms with Crippen LogP contribution < -0.4 is 0 Å². The van der Waals surface area contributed by atoms with Gasteiger partial charge in [0, 0.05) is 99.2 Å². The van der Waals surface area contributed by atoms with E-state index in [0.717, 1.165) is 183 Å². The molecule has 0 bridgehead atoms. The van der Waals surface area contributed by atoms with Gasteiger partial charge in [-0.2, -0.15) is 0 Å². The summed E-state index contributed by atoms with van der Waals surface area (Å²) in [6.45, 7) is 0. The Balaban J connectivity index is 0.632. The molecule has 25 rings (SSSR count). The van der Waals surface area contributed by atoms with Crippen molar-refractivity contribution >= 4 is 87.2 Å². The fourth-order valence-corrected chi connectivity index (χ4v) is 19.7. The van der Waals surface area contributed by atoms with E-state index in [1.54, 1.807) is 0 Å². The molecule has 0 amide bonds. The van der Waals surface area contributed by atoms with Gasteiger partial charge >= 0.3 is 0 Å². The maximum Gasteiger partial charge on any atom is 0.164 e. The van der Waals surface area contributed by atoms with Gasteiger partial charge in [-0.1, -0.05) is 315 Å². The second-order valence-corrected chi connectivity index (χ2v) is 33.3. The highest BCUT2D eigenvalue weighted by Gasteiger charge is 2.27. The SMILES string of the molecule is c1ccc(-c2nc(-c3ccccc3)nc(-c3cccc(-c4cccc(-c5cc(-c6ccc7c(c6)c6c(-c8cccc(-c9nc(-c%10ccccc%10)nc(-c%10cccc(-c%11cc(-c%12ccc%13c(c%12)c%12ccccc%12n%13-c%12ccccc%12)c%12c%13ccccc%13n(-c%13ccccc%13)c%12c%11)c%10)n9)c8)cccc6n7-c6ccccc6)c6c7ccccc7n(-c7ccccc7)c6c5)c4)c3)n2)cc1. The maximum absolute atomic E-state index is 5.56. The lowest BCUT2D eigenvalue weighted by Gasteiger charge is -2.14. The molecule has 10 heteroatoms. The van der Waals surface area contributed by atoms with Crippen LogP contribution in [-0.2, 0) is 0 Å². The molecule has 0 N–H and O–H groups in total. The summed E-state index contributed by atoms with van der Waals surface area (Å²) in [4.78, 5) is 31.7. The van der Waals surface area contributed by atoms with Crippen LogP contribution >= 0.6 is 0 Å². The zero-order valence-electron chi connectivity index (χ0n) is 70.4. The average Bonchev–Trinajstić information content (AvgIpc) is 1.56. The van der Waals surface area contributed by atoms with Crippen molar-refractivity contribution in [2.75, 3.05) is 0 Å². The Morgan fingerprint density at radius 3 is 0.792 bits per heavy atom. The quantitative estimate of drug-likeness (QED) is 0.0956. The summed E-state index contributed by atoms with van der Waals surface area (Å²) >= 11 is 0. The van der Waals surface area contributed by atoms with Crippen molar-refractivity contribution in [2.24, 2.45) is 0 Å². The lowest BCUT2D eigenvalue weighted by Crippen LogP contribution is -2.00. The van der Waals surface area contributed by atoms with Gasteiger partial charge in [0.25, 0.3) is 0 Å². The number of nitrogens with zero attached hydrogens (tertiary/aromatic N) is 10. The predicted octanol–water partition coefficient (Wildman–Crippen LogP) is 30.4. The van der Waals surface area contributed by atoms with Crippen LogP contribution in [0.25, 0.3) is 245 Å². The molecule has 0 saturated heterocycles. The number of fused-ring (bicyclic) bond motifs is 12. The molecule has 606 valence electrons. The molecule has 0 unspecified atom stereocenters. The van der Waals surface area contributed by atoms with Crippen molar-refractivity contribution in [1.29, 1.82) is 0 Å². The molecule has 0 aliphatic carbocycles. The minimum Gasteiger partial charge on any atom is -0.309 e. The molecule has 0 aliphatic rings. The molecule has 6 heterocycles. The summed E-state index contributed by atoms with van der Waals surface area (Å²) in [5.41, 5.74) is 31.6. The Bertz CT molecular complexity index is 8710. The number of benzene rings is 19. The molecule has 0 aliphatic heterocycles. The zero-order chi connectivity index (χ0) is 85.7. The second kappa shape index (κ2) is 31.3. The van der Waals surface area contributed by atoms with E-state index in [-0.39, 0.29) is 0 Å². The monoisotopic (exact) mass is 1660 g/mol. The van der Waals surface area contributed by atoms with Crippen molar-refractivity contribution in [1.82, 2.24) is 48.2 Å². The van der Waals surface area contributed by atoms with E-state index >= 15 is 0 Å². The molecule has 0 radical (unpaired) electrons. The average molecular weight is 1660 g/mol. The minimum absolute atomic E-state index is 0.560. The first kappa shape index (κ1) is 75.0. The van der Waals surface area contributed by atoms with Crippen molar-refractivity contribution in [3.8, 4) is 158 Å². The number of rotatable bonds is 16. The van der Waals surface area contributed by atoms with Gasteiger partial charge in [0.1, 0.15) is 0 Å². The summed E-state index contributed by atoms with van der Waals surface area (Å²) < 4.78 is 9.67. The van der Waals surface area contributed by atoms with Crippen LogP contribution in [0, 0.1) is 0 Å². The lowest BCUT2D eigenvalue weighted by atomic mass is 9.91. The summed E-state index contributed by atoms with van der Waals surface area (Å²) in [5.74, 6) is 3.54. The largest absolute Gasteiger partial charge is 0.309 e. The first-order chi connectivity index (χ1) is 64.4. The Kier molecular flexibility index (Phi) is 18.0. The summed E-state index contributed by atoms with van der Waals surface area (Å²) in [7, 11) is 0. The van der Waals surface area contributed by atoms with Gasteiger partial charge in [0.15, 0.2) is 34.9 Å². The lowest BCUT2D eigenvalue weighted by molar-refractivity contribution is 1.07. The molecular weight excluding hydrogens is 1580 g/mol. The molecular formula is C120H76N10. The van der Waals surface area contributed by atoms with Gasteiger partial charge in [-0.05, 0) is 212 Å². The number of hydrogen-bond acceptors (Lipinski definition) is 6. The number of aromatic nitrogens is 10. The third-order valence-electron chi connectivity index (χ3n) is 25.6. The normalized spacial score (nSPS) is 11.7. The van der Waals surface area contributed by atoms with Crippen LogP contribution in [0.15, 0.2) is 461 Å². The van der Waals surface area contributed by atoms with Gasteiger partial charge in [-0.15, -0.1) is 0 Å². The molecule has 0 fully saturated rings. The molecule has 19 aromatic carbocycles. The first-order valence-electron chi connectivity index (χ1n) is 44.0. The highest BCUT2D eigenvalue weighted by atomic mass is 15.1. The molecule has 0 atom stereocenters. The van der Waals surface area contributed by atoms with Gasteiger partial charge in [0.2, 0.25) is 0 Å². The Hall–Kier alpha value is -17.6. The highest BCUT2D eigenvalue weighted by Crippen LogP contribution is 2.49. The van der Waals surface area contributed by atoms with Crippen LogP contribution in [0.1, 0.15) is 0 Å². The van der Waals surface area contributed by atoms with Crippen molar-refractivity contribution in [3.05, 3.63) is 461 Å². The minimum atomic E-state index is 0.560. The number of para-hydroxylation sites is 7. The van der Waals surface area contributed by atoms with Crippen LogP contribution in [0.3, 0.4) is 0 Å². The zero-order valence-corrected chi connectivity index (χ0v) is 70.4. The molecule has 6 aromatic heterocycles. The Labute approximate surface area is 749 Å². The summed E-state index contributed by atoms with van der Waals surface area (Å²) in [5, 5.41) is 9.33. The first-order valence-corrected chi connectivity index (χ1v) is 44.0.